The second-order valence-electron chi connectivity index (χ2n) is 2.89. The van der Waals surface area contributed by atoms with Gasteiger partial charge in [-0.3, -0.25) is 0 Å². The second-order valence-corrected chi connectivity index (χ2v) is 3.74. The van der Waals surface area contributed by atoms with Crippen LogP contribution in [0.1, 0.15) is 11.6 Å². The number of ether oxygens (including phenoxy) is 1. The molecular weight excluding hydrogens is 248 g/mol. The van der Waals surface area contributed by atoms with E-state index >= 15 is 0 Å². The predicted molar refractivity (Wildman–Crippen MR) is 58.3 cm³/mol. The van der Waals surface area contributed by atoms with E-state index in [4.69, 9.17) is 16.2 Å². The summed E-state index contributed by atoms with van der Waals surface area (Å²) in [5, 5.41) is 9.44. The van der Waals surface area contributed by atoms with Crippen LogP contribution in [0.2, 0.25) is 0 Å². The summed E-state index contributed by atoms with van der Waals surface area (Å²) >= 11 is 3.30. The van der Waals surface area contributed by atoms with E-state index in [0.29, 0.717) is 12.3 Å². The zero-order chi connectivity index (χ0) is 10.7. The Morgan fingerprint density at radius 3 is 2.71 bits per heavy atom. The van der Waals surface area contributed by atoms with Gasteiger partial charge in [0.25, 0.3) is 0 Å². The standard InChI is InChI=1S/C9H13BrN2O2/c1-14-9-2-5(7(12)4-11)6(10)3-8(9)13/h2-3,7,13H,4,11-12H2,1H3/t7-/m1/s1. The van der Waals surface area contributed by atoms with Crippen LogP contribution >= 0.6 is 15.9 Å². The molecule has 0 saturated heterocycles. The first-order chi connectivity index (χ1) is 6.60. The van der Waals surface area contributed by atoms with E-state index < -0.39 is 0 Å². The maximum Gasteiger partial charge on any atom is 0.160 e. The maximum atomic E-state index is 9.44. The molecule has 5 heteroatoms. The molecule has 0 heterocycles. The smallest absolute Gasteiger partial charge is 0.160 e. The fraction of sp³-hybridized carbons (Fsp3) is 0.333. The summed E-state index contributed by atoms with van der Waals surface area (Å²) in [5.74, 6) is 0.472. The van der Waals surface area contributed by atoms with E-state index in [9.17, 15) is 5.11 Å². The minimum atomic E-state index is -0.265. The van der Waals surface area contributed by atoms with Crippen LogP contribution < -0.4 is 16.2 Å². The SMILES string of the molecule is COc1cc([C@H](N)CN)c(Br)cc1O. The molecule has 1 aromatic rings. The van der Waals surface area contributed by atoms with Crippen molar-refractivity contribution in [2.45, 2.75) is 6.04 Å². The van der Waals surface area contributed by atoms with Gasteiger partial charge in [0.05, 0.1) is 7.11 Å². The highest BCUT2D eigenvalue weighted by molar-refractivity contribution is 9.10. The average molecular weight is 261 g/mol. The van der Waals surface area contributed by atoms with Crippen LogP contribution in [0.25, 0.3) is 0 Å². The Kier molecular flexibility index (Phi) is 3.74. The normalized spacial score (nSPS) is 12.6. The molecule has 0 radical (unpaired) electrons. The molecule has 1 rings (SSSR count). The molecule has 0 aliphatic heterocycles. The highest BCUT2D eigenvalue weighted by Gasteiger charge is 2.12. The molecule has 1 atom stereocenters. The number of benzene rings is 1. The Morgan fingerprint density at radius 2 is 2.21 bits per heavy atom. The van der Waals surface area contributed by atoms with Gasteiger partial charge in [0.15, 0.2) is 11.5 Å². The number of phenols is 1. The molecule has 0 unspecified atom stereocenters. The summed E-state index contributed by atoms with van der Waals surface area (Å²) in [6.45, 7) is 0.340. The zero-order valence-corrected chi connectivity index (χ0v) is 9.41. The van der Waals surface area contributed by atoms with E-state index in [1.165, 1.54) is 7.11 Å². The minimum absolute atomic E-state index is 0.0762. The number of phenolic OH excluding ortho intramolecular Hbond substituents is 1. The van der Waals surface area contributed by atoms with Crippen molar-refractivity contribution in [2.24, 2.45) is 11.5 Å². The molecule has 4 nitrogen and oxygen atoms in total. The van der Waals surface area contributed by atoms with Crippen LogP contribution in [0, 0.1) is 0 Å². The molecule has 0 saturated carbocycles. The van der Waals surface area contributed by atoms with Gasteiger partial charge in [0.1, 0.15) is 0 Å². The fourth-order valence-corrected chi connectivity index (χ4v) is 1.76. The molecule has 0 aliphatic carbocycles. The van der Waals surface area contributed by atoms with Gasteiger partial charge in [-0.25, -0.2) is 0 Å². The van der Waals surface area contributed by atoms with Crippen LogP contribution in [0.4, 0.5) is 0 Å². The highest BCUT2D eigenvalue weighted by Crippen LogP contribution is 2.34. The quantitative estimate of drug-likeness (QED) is 0.761. The van der Waals surface area contributed by atoms with Gasteiger partial charge < -0.3 is 21.3 Å². The Morgan fingerprint density at radius 1 is 1.57 bits per heavy atom. The topological polar surface area (TPSA) is 81.5 Å². The monoisotopic (exact) mass is 260 g/mol. The molecule has 0 fully saturated rings. The summed E-state index contributed by atoms with van der Waals surface area (Å²) in [4.78, 5) is 0. The summed E-state index contributed by atoms with van der Waals surface area (Å²) < 4.78 is 5.70. The van der Waals surface area contributed by atoms with Crippen molar-refractivity contribution in [1.82, 2.24) is 0 Å². The van der Waals surface area contributed by atoms with Gasteiger partial charge in [-0.05, 0) is 17.7 Å². The predicted octanol–water partition coefficient (Wildman–Crippen LogP) is 1.12. The lowest BCUT2D eigenvalue weighted by Gasteiger charge is -2.13. The molecule has 0 aromatic heterocycles. The lowest BCUT2D eigenvalue weighted by molar-refractivity contribution is 0.372. The van der Waals surface area contributed by atoms with Crippen LogP contribution in [0.3, 0.4) is 0 Å². The van der Waals surface area contributed by atoms with Crippen molar-refractivity contribution in [3.63, 3.8) is 0 Å². The first-order valence-electron chi connectivity index (χ1n) is 4.12. The van der Waals surface area contributed by atoms with Crippen molar-refractivity contribution in [2.75, 3.05) is 13.7 Å². The van der Waals surface area contributed by atoms with Crippen molar-refractivity contribution in [3.8, 4) is 11.5 Å². The Bertz CT molecular complexity index is 331. The number of nitrogens with two attached hydrogens (primary N) is 2. The molecule has 0 spiro atoms. The summed E-state index contributed by atoms with van der Waals surface area (Å²) in [5.41, 5.74) is 12.1. The van der Waals surface area contributed by atoms with E-state index in [1.807, 2.05) is 0 Å². The van der Waals surface area contributed by atoms with Gasteiger partial charge >= 0.3 is 0 Å². The van der Waals surface area contributed by atoms with Gasteiger partial charge in [-0.2, -0.15) is 0 Å². The van der Waals surface area contributed by atoms with Gasteiger partial charge in [0.2, 0.25) is 0 Å². The van der Waals surface area contributed by atoms with E-state index in [0.717, 1.165) is 10.0 Å². The van der Waals surface area contributed by atoms with E-state index in [1.54, 1.807) is 12.1 Å². The van der Waals surface area contributed by atoms with Crippen LogP contribution in [-0.4, -0.2) is 18.8 Å². The highest BCUT2D eigenvalue weighted by atomic mass is 79.9. The van der Waals surface area contributed by atoms with Crippen molar-refractivity contribution >= 4 is 15.9 Å². The maximum absolute atomic E-state index is 9.44. The molecule has 0 aliphatic rings. The van der Waals surface area contributed by atoms with Crippen molar-refractivity contribution in [3.05, 3.63) is 22.2 Å². The number of halogens is 1. The fourth-order valence-electron chi connectivity index (χ4n) is 1.13. The molecule has 14 heavy (non-hydrogen) atoms. The second kappa shape index (κ2) is 4.63. The Balaban J connectivity index is 3.17. The number of methoxy groups -OCH3 is 1. The third-order valence-corrected chi connectivity index (χ3v) is 2.64. The third-order valence-electron chi connectivity index (χ3n) is 1.95. The third kappa shape index (κ3) is 2.17. The van der Waals surface area contributed by atoms with Crippen LogP contribution in [-0.2, 0) is 0 Å². The van der Waals surface area contributed by atoms with E-state index in [-0.39, 0.29) is 11.8 Å². The average Bonchev–Trinajstić information content (AvgIpc) is 2.17. The molecular formula is C9H13BrN2O2. The van der Waals surface area contributed by atoms with Gasteiger partial charge in [-0.1, -0.05) is 15.9 Å². The first-order valence-corrected chi connectivity index (χ1v) is 4.91. The minimum Gasteiger partial charge on any atom is -0.504 e. The number of rotatable bonds is 3. The summed E-state index contributed by atoms with van der Waals surface area (Å²) in [6, 6.07) is 2.96. The lowest BCUT2D eigenvalue weighted by atomic mass is 10.1. The van der Waals surface area contributed by atoms with E-state index in [2.05, 4.69) is 15.9 Å². The summed E-state index contributed by atoms with van der Waals surface area (Å²) in [6.07, 6.45) is 0. The van der Waals surface area contributed by atoms with Crippen molar-refractivity contribution < 1.29 is 9.84 Å². The number of hydrogen-bond acceptors (Lipinski definition) is 4. The molecule has 0 amide bonds. The van der Waals surface area contributed by atoms with Gasteiger partial charge in [-0.15, -0.1) is 0 Å². The Labute approximate surface area is 91.0 Å². The molecule has 5 N–H and O–H groups in total. The van der Waals surface area contributed by atoms with Gasteiger partial charge in [0, 0.05) is 17.1 Å². The van der Waals surface area contributed by atoms with Crippen molar-refractivity contribution in [1.29, 1.82) is 0 Å². The zero-order valence-electron chi connectivity index (χ0n) is 7.83. The number of aromatic hydroxyl groups is 1. The molecule has 78 valence electrons. The van der Waals surface area contributed by atoms with Crippen LogP contribution in [0.15, 0.2) is 16.6 Å². The molecule has 0 bridgehead atoms. The molecule has 1 aromatic carbocycles. The van der Waals surface area contributed by atoms with Crippen LogP contribution in [0.5, 0.6) is 11.5 Å². The number of hydrogen-bond donors (Lipinski definition) is 3. The lowest BCUT2D eigenvalue weighted by Crippen LogP contribution is -2.21. The summed E-state index contributed by atoms with van der Waals surface area (Å²) in [7, 11) is 1.49. The Hall–Kier alpha value is -0.780. The first kappa shape index (κ1) is 11.3. The largest absolute Gasteiger partial charge is 0.504 e.